The van der Waals surface area contributed by atoms with Gasteiger partial charge in [-0.15, -0.1) is 11.8 Å². The first kappa shape index (κ1) is 8.35. The van der Waals surface area contributed by atoms with E-state index in [1.54, 1.807) is 11.8 Å². The van der Waals surface area contributed by atoms with E-state index in [1.807, 2.05) is 18.2 Å². The van der Waals surface area contributed by atoms with Crippen LogP contribution in [0.2, 0.25) is 5.02 Å². The van der Waals surface area contributed by atoms with Crippen LogP contribution in [0.3, 0.4) is 0 Å². The predicted octanol–water partition coefficient (Wildman–Crippen LogP) is 3.19. The molecule has 0 atom stereocenters. The van der Waals surface area contributed by atoms with E-state index >= 15 is 0 Å². The van der Waals surface area contributed by atoms with Gasteiger partial charge in [0.05, 0.1) is 15.7 Å². The minimum Gasteiger partial charge on any atom is -0.347 e. The topological polar surface area (TPSA) is 12.0 Å². The molecule has 0 saturated heterocycles. The van der Waals surface area contributed by atoms with Crippen LogP contribution in [0.5, 0.6) is 0 Å². The summed E-state index contributed by atoms with van der Waals surface area (Å²) in [6, 6.07) is 5.85. The fourth-order valence-electron chi connectivity index (χ4n) is 1.06. The maximum Gasteiger partial charge on any atom is 0.0902 e. The Morgan fingerprint density at radius 3 is 3.17 bits per heavy atom. The lowest BCUT2D eigenvalue weighted by Gasteiger charge is -2.18. The molecular weight excluding hydrogens is 210 g/mol. The molecule has 0 bridgehead atoms. The van der Waals surface area contributed by atoms with Gasteiger partial charge in [0.2, 0.25) is 0 Å². The van der Waals surface area contributed by atoms with Gasteiger partial charge in [0.15, 0.2) is 0 Å². The van der Waals surface area contributed by atoms with E-state index in [0.29, 0.717) is 0 Å². The Bertz CT molecular complexity index is 338. The van der Waals surface area contributed by atoms with Crippen molar-refractivity contribution in [1.82, 2.24) is 0 Å². The second-order valence-corrected chi connectivity index (χ2v) is 4.37. The minimum atomic E-state index is 0.738. The summed E-state index contributed by atoms with van der Waals surface area (Å²) in [4.78, 5) is 2.02. The second-order valence-electron chi connectivity index (χ2n) is 2.45. The number of benzene rings is 1. The molecule has 1 heterocycles. The predicted molar refractivity (Wildman–Crippen MR) is 58.4 cm³/mol. The van der Waals surface area contributed by atoms with E-state index in [2.05, 4.69) is 5.32 Å². The van der Waals surface area contributed by atoms with Crippen LogP contribution in [0.15, 0.2) is 23.1 Å². The van der Waals surface area contributed by atoms with Crippen LogP contribution >= 0.6 is 35.6 Å². The molecule has 0 amide bonds. The maximum atomic E-state index is 5.97. The number of halogens is 1. The average molecular weight is 216 g/mol. The Balaban J connectivity index is 2.50. The molecular formula is C8H6ClNS2. The van der Waals surface area contributed by atoms with Crippen LogP contribution in [-0.2, 0) is 0 Å². The maximum absolute atomic E-state index is 5.97. The van der Waals surface area contributed by atoms with Gasteiger partial charge < -0.3 is 5.32 Å². The van der Waals surface area contributed by atoms with Crippen molar-refractivity contribution in [2.24, 2.45) is 0 Å². The first-order chi connectivity index (χ1) is 5.77. The van der Waals surface area contributed by atoms with E-state index < -0.39 is 0 Å². The third kappa shape index (κ3) is 1.44. The molecule has 1 N–H and O–H groups in total. The Morgan fingerprint density at radius 1 is 1.50 bits per heavy atom. The number of thioether (sulfide) groups is 1. The molecule has 1 aliphatic rings. The number of anilines is 1. The first-order valence-electron chi connectivity index (χ1n) is 3.48. The van der Waals surface area contributed by atoms with Crippen molar-refractivity contribution >= 4 is 46.3 Å². The van der Waals surface area contributed by atoms with Crippen molar-refractivity contribution in [1.29, 1.82) is 0 Å². The van der Waals surface area contributed by atoms with Crippen molar-refractivity contribution in [3.05, 3.63) is 23.2 Å². The molecule has 62 valence electrons. The van der Waals surface area contributed by atoms with Gasteiger partial charge in [0.1, 0.15) is 0 Å². The molecule has 1 aromatic rings. The monoisotopic (exact) mass is 215 g/mol. The van der Waals surface area contributed by atoms with Crippen LogP contribution < -0.4 is 5.32 Å². The van der Waals surface area contributed by atoms with Gasteiger partial charge in [0, 0.05) is 10.6 Å². The molecule has 1 nitrogen and oxygen atoms in total. The van der Waals surface area contributed by atoms with Gasteiger partial charge >= 0.3 is 0 Å². The van der Waals surface area contributed by atoms with Gasteiger partial charge in [-0.05, 0) is 12.1 Å². The van der Waals surface area contributed by atoms with Crippen LogP contribution in [0.1, 0.15) is 0 Å². The lowest BCUT2D eigenvalue weighted by atomic mass is 10.3. The summed E-state index contributed by atoms with van der Waals surface area (Å²) in [6.45, 7) is 0. The molecule has 12 heavy (non-hydrogen) atoms. The van der Waals surface area contributed by atoms with Crippen molar-refractivity contribution in [2.75, 3.05) is 11.1 Å². The molecule has 0 spiro atoms. The number of hydrogen-bond acceptors (Lipinski definition) is 2. The normalized spacial score (nSPS) is 15.2. The van der Waals surface area contributed by atoms with Crippen molar-refractivity contribution in [3.8, 4) is 0 Å². The summed E-state index contributed by atoms with van der Waals surface area (Å²) < 4.78 is 0. The van der Waals surface area contributed by atoms with Crippen molar-refractivity contribution < 1.29 is 0 Å². The van der Waals surface area contributed by atoms with Gasteiger partial charge in [-0.25, -0.2) is 0 Å². The molecule has 0 unspecified atom stereocenters. The van der Waals surface area contributed by atoms with Crippen LogP contribution in [0.25, 0.3) is 0 Å². The molecule has 0 aromatic heterocycles. The summed E-state index contributed by atoms with van der Waals surface area (Å²) in [5.74, 6) is 0.850. The van der Waals surface area contributed by atoms with Crippen molar-refractivity contribution in [3.63, 3.8) is 0 Å². The summed E-state index contributed by atoms with van der Waals surface area (Å²) in [5.41, 5.74) is 0.959. The lowest BCUT2D eigenvalue weighted by molar-refractivity contribution is 1.42. The summed E-state index contributed by atoms with van der Waals surface area (Å²) >= 11 is 12.7. The average Bonchev–Trinajstić information content (AvgIpc) is 2.07. The van der Waals surface area contributed by atoms with E-state index in [1.165, 1.54) is 4.90 Å². The minimum absolute atomic E-state index is 0.738. The molecule has 1 aromatic carbocycles. The summed E-state index contributed by atoms with van der Waals surface area (Å²) in [7, 11) is 0. The largest absolute Gasteiger partial charge is 0.347 e. The number of para-hydroxylation sites is 1. The molecule has 0 saturated carbocycles. The second kappa shape index (κ2) is 3.24. The number of hydrogen-bond donors (Lipinski definition) is 1. The highest BCUT2D eigenvalue weighted by atomic mass is 35.5. The lowest BCUT2D eigenvalue weighted by Crippen LogP contribution is -2.16. The van der Waals surface area contributed by atoms with Gasteiger partial charge in [-0.2, -0.15) is 0 Å². The van der Waals surface area contributed by atoms with Crippen LogP contribution in [0.4, 0.5) is 5.69 Å². The van der Waals surface area contributed by atoms with Crippen molar-refractivity contribution in [2.45, 2.75) is 4.90 Å². The fourth-order valence-corrected chi connectivity index (χ4v) is 2.46. The zero-order chi connectivity index (χ0) is 8.55. The zero-order valence-electron chi connectivity index (χ0n) is 6.13. The number of nitrogens with one attached hydrogen (secondary N) is 1. The van der Waals surface area contributed by atoms with Gasteiger partial charge in [0.25, 0.3) is 0 Å². The van der Waals surface area contributed by atoms with E-state index in [-0.39, 0.29) is 0 Å². The summed E-state index contributed by atoms with van der Waals surface area (Å²) in [5, 5.41) is 3.84. The highest BCUT2D eigenvalue weighted by Crippen LogP contribution is 2.36. The third-order valence-corrected chi connectivity index (χ3v) is 3.43. The third-order valence-electron chi connectivity index (χ3n) is 1.60. The Labute approximate surface area is 85.5 Å². The Morgan fingerprint density at radius 2 is 2.33 bits per heavy atom. The molecule has 0 radical (unpaired) electrons. The van der Waals surface area contributed by atoms with E-state index in [0.717, 1.165) is 21.5 Å². The Hall–Kier alpha value is -0.250. The molecule has 0 fully saturated rings. The number of rotatable bonds is 0. The zero-order valence-corrected chi connectivity index (χ0v) is 8.52. The molecule has 1 aliphatic heterocycles. The quantitative estimate of drug-likeness (QED) is 0.668. The number of fused-ring (bicyclic) bond motifs is 1. The first-order valence-corrected chi connectivity index (χ1v) is 5.26. The highest BCUT2D eigenvalue weighted by molar-refractivity contribution is 8.01. The van der Waals surface area contributed by atoms with E-state index in [9.17, 15) is 0 Å². The van der Waals surface area contributed by atoms with E-state index in [4.69, 9.17) is 23.8 Å². The molecule has 2 rings (SSSR count). The fraction of sp³-hybridized carbons (Fsp3) is 0.125. The molecule has 4 heteroatoms. The molecule has 0 aliphatic carbocycles. The van der Waals surface area contributed by atoms with Gasteiger partial charge in [-0.1, -0.05) is 29.9 Å². The highest BCUT2D eigenvalue weighted by Gasteiger charge is 2.14. The van der Waals surface area contributed by atoms with Crippen LogP contribution in [-0.4, -0.2) is 10.7 Å². The standard InChI is InChI=1S/C8H6ClNS2/c9-5-2-1-3-6-8(5)10-7(11)4-12-6/h1-3H,4H2,(H,10,11). The number of thiocarbonyl (C=S) groups is 1. The summed E-state index contributed by atoms with van der Waals surface area (Å²) in [6.07, 6.45) is 0. The Kier molecular flexibility index (Phi) is 2.26. The van der Waals surface area contributed by atoms with Gasteiger partial charge in [-0.3, -0.25) is 0 Å². The smallest absolute Gasteiger partial charge is 0.0902 e. The van der Waals surface area contributed by atoms with Crippen LogP contribution in [0, 0.1) is 0 Å². The SMILES string of the molecule is S=C1CSc2cccc(Cl)c2N1.